The maximum Gasteiger partial charge on any atom is 0.264 e. The van der Waals surface area contributed by atoms with E-state index in [1.807, 2.05) is 6.92 Å². The predicted molar refractivity (Wildman–Crippen MR) is 87.6 cm³/mol. The molecular weight excluding hydrogens is 330 g/mol. The molecule has 3 heterocycles. The average molecular weight is 345 g/mol. The summed E-state index contributed by atoms with van der Waals surface area (Å²) in [6.07, 6.45) is 3.91. The van der Waals surface area contributed by atoms with Crippen molar-refractivity contribution in [2.45, 2.75) is 24.3 Å². The highest BCUT2D eigenvalue weighted by atomic mass is 32.2. The number of amides is 1. The number of anilines is 2. The third-order valence-electron chi connectivity index (χ3n) is 4.17. The Bertz CT molecular complexity index is 942. The van der Waals surface area contributed by atoms with Crippen LogP contribution in [0.3, 0.4) is 0 Å². The van der Waals surface area contributed by atoms with Crippen LogP contribution in [0, 0.1) is 0 Å². The number of fused-ring (bicyclic) bond motifs is 2. The second-order valence-electron chi connectivity index (χ2n) is 5.85. The van der Waals surface area contributed by atoms with Crippen molar-refractivity contribution in [3.63, 3.8) is 0 Å². The molecule has 8 heteroatoms. The summed E-state index contributed by atoms with van der Waals surface area (Å²) in [5.74, 6) is 0.102. The first-order valence-corrected chi connectivity index (χ1v) is 8.95. The van der Waals surface area contributed by atoms with Gasteiger partial charge < -0.3 is 10.1 Å². The van der Waals surface area contributed by atoms with Crippen molar-refractivity contribution < 1.29 is 17.9 Å². The van der Waals surface area contributed by atoms with Crippen LogP contribution < -0.4 is 14.4 Å². The van der Waals surface area contributed by atoms with Gasteiger partial charge in [0.15, 0.2) is 6.61 Å². The van der Waals surface area contributed by atoms with Crippen molar-refractivity contribution in [2.24, 2.45) is 0 Å². The summed E-state index contributed by atoms with van der Waals surface area (Å²) in [6.45, 7) is 1.75. The molecule has 0 radical (unpaired) electrons. The summed E-state index contributed by atoms with van der Waals surface area (Å²) in [5, 5.41) is 2.65. The van der Waals surface area contributed by atoms with Crippen LogP contribution in [0.5, 0.6) is 5.75 Å². The topological polar surface area (TPSA) is 88.6 Å². The molecule has 1 amide bonds. The highest BCUT2D eigenvalue weighted by Crippen LogP contribution is 2.38. The molecule has 0 bridgehead atoms. The standard InChI is InChI=1S/C16H15N3O4S/c1-10-6-11-8-17-5-4-14(11)19(10)24(21,22)12-2-3-13-15(7-12)23-9-16(20)18-13/h2-5,7-8,10H,6,9H2,1H3,(H,18,20)/t10-/m0/s1. The Morgan fingerprint density at radius 2 is 2.17 bits per heavy atom. The Balaban J connectivity index is 1.78. The van der Waals surface area contributed by atoms with Crippen molar-refractivity contribution >= 4 is 27.3 Å². The van der Waals surface area contributed by atoms with Gasteiger partial charge in [0.1, 0.15) is 5.75 Å². The van der Waals surface area contributed by atoms with E-state index in [0.29, 0.717) is 23.5 Å². The first-order chi connectivity index (χ1) is 11.5. The molecule has 1 aromatic heterocycles. The number of carbonyl (C=O) groups is 1. The lowest BCUT2D eigenvalue weighted by Gasteiger charge is -2.25. The van der Waals surface area contributed by atoms with Crippen molar-refractivity contribution in [3.05, 3.63) is 42.2 Å². The number of carbonyl (C=O) groups excluding carboxylic acids is 1. The van der Waals surface area contributed by atoms with Gasteiger partial charge in [-0.3, -0.25) is 14.1 Å². The van der Waals surface area contributed by atoms with Gasteiger partial charge in [-0.1, -0.05) is 0 Å². The quantitative estimate of drug-likeness (QED) is 0.892. The van der Waals surface area contributed by atoms with E-state index in [1.54, 1.807) is 24.5 Å². The van der Waals surface area contributed by atoms with E-state index >= 15 is 0 Å². The zero-order valence-corrected chi connectivity index (χ0v) is 13.7. The molecule has 2 aliphatic heterocycles. The van der Waals surface area contributed by atoms with Crippen LogP contribution >= 0.6 is 0 Å². The van der Waals surface area contributed by atoms with Gasteiger partial charge >= 0.3 is 0 Å². The fourth-order valence-corrected chi connectivity index (χ4v) is 4.83. The van der Waals surface area contributed by atoms with Crippen LogP contribution in [0.2, 0.25) is 0 Å². The smallest absolute Gasteiger partial charge is 0.264 e. The number of pyridine rings is 1. The fraction of sp³-hybridized carbons (Fsp3) is 0.250. The Morgan fingerprint density at radius 3 is 3.00 bits per heavy atom. The van der Waals surface area contributed by atoms with Crippen molar-refractivity contribution in [3.8, 4) is 5.75 Å². The highest BCUT2D eigenvalue weighted by Gasteiger charge is 2.36. The number of rotatable bonds is 2. The zero-order valence-electron chi connectivity index (χ0n) is 12.9. The molecule has 0 saturated carbocycles. The van der Waals surface area contributed by atoms with Crippen molar-refractivity contribution in [2.75, 3.05) is 16.2 Å². The molecular formula is C16H15N3O4S. The van der Waals surface area contributed by atoms with Gasteiger partial charge in [0.05, 0.1) is 16.3 Å². The summed E-state index contributed by atoms with van der Waals surface area (Å²) < 4.78 is 33.0. The van der Waals surface area contributed by atoms with Crippen LogP contribution in [-0.4, -0.2) is 32.0 Å². The third-order valence-corrected chi connectivity index (χ3v) is 6.10. The minimum Gasteiger partial charge on any atom is -0.482 e. The van der Waals surface area contributed by atoms with Crippen molar-refractivity contribution in [1.82, 2.24) is 4.98 Å². The van der Waals surface area contributed by atoms with Crippen LogP contribution in [-0.2, 0) is 21.2 Å². The maximum atomic E-state index is 13.1. The summed E-state index contributed by atoms with van der Waals surface area (Å²) in [7, 11) is -3.74. The van der Waals surface area contributed by atoms with Crippen molar-refractivity contribution in [1.29, 1.82) is 0 Å². The molecule has 2 aliphatic rings. The molecule has 124 valence electrons. The molecule has 7 nitrogen and oxygen atoms in total. The van der Waals surface area contributed by atoms with E-state index < -0.39 is 10.0 Å². The number of hydrogen-bond acceptors (Lipinski definition) is 5. The van der Waals surface area contributed by atoms with Crippen LogP contribution in [0.25, 0.3) is 0 Å². The van der Waals surface area contributed by atoms with Gasteiger partial charge in [0.2, 0.25) is 0 Å². The molecule has 1 N–H and O–H groups in total. The Hall–Kier alpha value is -2.61. The van der Waals surface area contributed by atoms with Gasteiger partial charge in [-0.25, -0.2) is 8.42 Å². The molecule has 1 aromatic carbocycles. The minimum atomic E-state index is -3.74. The number of benzene rings is 1. The van der Waals surface area contributed by atoms with Crippen LogP contribution in [0.1, 0.15) is 12.5 Å². The van der Waals surface area contributed by atoms with E-state index in [1.165, 1.54) is 16.4 Å². The largest absolute Gasteiger partial charge is 0.482 e. The fourth-order valence-electron chi connectivity index (χ4n) is 3.13. The SMILES string of the molecule is C[C@H]1Cc2cnccc2N1S(=O)(=O)c1ccc2c(c1)OCC(=O)N2. The van der Waals surface area contributed by atoms with Crippen LogP contribution in [0.4, 0.5) is 11.4 Å². The normalized spacial score (nSPS) is 19.3. The van der Waals surface area contributed by atoms with E-state index in [9.17, 15) is 13.2 Å². The summed E-state index contributed by atoms with van der Waals surface area (Å²) >= 11 is 0. The summed E-state index contributed by atoms with van der Waals surface area (Å²) in [6, 6.07) is 6.01. The van der Waals surface area contributed by atoms with Gasteiger partial charge in [-0.2, -0.15) is 0 Å². The second-order valence-corrected chi connectivity index (χ2v) is 7.67. The Kier molecular flexibility index (Phi) is 3.24. The number of sulfonamides is 1. The lowest BCUT2D eigenvalue weighted by atomic mass is 10.2. The van der Waals surface area contributed by atoms with Crippen LogP contribution in [0.15, 0.2) is 41.6 Å². The molecule has 0 unspecified atom stereocenters. The zero-order chi connectivity index (χ0) is 16.9. The van der Waals surface area contributed by atoms with Gasteiger partial charge in [0, 0.05) is 24.5 Å². The second kappa shape index (κ2) is 5.20. The number of nitrogens with one attached hydrogen (secondary N) is 1. The monoisotopic (exact) mass is 345 g/mol. The van der Waals surface area contributed by atoms with E-state index in [-0.39, 0.29) is 23.5 Å². The van der Waals surface area contributed by atoms with E-state index in [2.05, 4.69) is 10.3 Å². The number of nitrogens with zero attached hydrogens (tertiary/aromatic N) is 2. The van der Waals surface area contributed by atoms with E-state index in [0.717, 1.165) is 5.56 Å². The molecule has 2 aromatic rings. The molecule has 0 saturated heterocycles. The lowest BCUT2D eigenvalue weighted by Crippen LogP contribution is -2.35. The Labute approximate surface area is 139 Å². The molecule has 1 atom stereocenters. The first kappa shape index (κ1) is 14.9. The molecule has 0 fully saturated rings. The van der Waals surface area contributed by atoms with Gasteiger partial charge in [-0.05, 0) is 37.1 Å². The third kappa shape index (κ3) is 2.22. The summed E-state index contributed by atoms with van der Waals surface area (Å²) in [4.78, 5) is 15.5. The minimum absolute atomic E-state index is 0.120. The molecule has 0 aliphatic carbocycles. The number of ether oxygens (including phenoxy) is 1. The summed E-state index contributed by atoms with van der Waals surface area (Å²) in [5.41, 5.74) is 2.05. The van der Waals surface area contributed by atoms with E-state index in [4.69, 9.17) is 4.74 Å². The highest BCUT2D eigenvalue weighted by molar-refractivity contribution is 7.92. The predicted octanol–water partition coefficient (Wildman–Crippen LogP) is 1.55. The van der Waals surface area contributed by atoms with Gasteiger partial charge in [-0.15, -0.1) is 0 Å². The average Bonchev–Trinajstić information content (AvgIpc) is 2.90. The first-order valence-electron chi connectivity index (χ1n) is 7.51. The molecule has 4 rings (SSSR count). The number of aromatic nitrogens is 1. The Morgan fingerprint density at radius 1 is 1.33 bits per heavy atom. The molecule has 24 heavy (non-hydrogen) atoms. The maximum absolute atomic E-state index is 13.1. The molecule has 0 spiro atoms. The lowest BCUT2D eigenvalue weighted by molar-refractivity contribution is -0.118. The van der Waals surface area contributed by atoms with Gasteiger partial charge in [0.25, 0.3) is 15.9 Å². The number of hydrogen-bond donors (Lipinski definition) is 1.